The van der Waals surface area contributed by atoms with Gasteiger partial charge in [-0.05, 0) is 56.4 Å². The molecule has 2 aromatic rings. The van der Waals surface area contributed by atoms with Crippen molar-refractivity contribution in [1.82, 2.24) is 25.0 Å². The van der Waals surface area contributed by atoms with Crippen LogP contribution in [0.2, 0.25) is 0 Å². The lowest BCUT2D eigenvalue weighted by molar-refractivity contribution is -0.134. The third-order valence-corrected chi connectivity index (χ3v) is 7.97. The van der Waals surface area contributed by atoms with Crippen LogP contribution >= 0.6 is 0 Å². The number of aryl methyl sites for hydroxylation is 1. The average molecular weight is 501 g/mol. The van der Waals surface area contributed by atoms with Crippen molar-refractivity contribution in [1.29, 1.82) is 0 Å². The summed E-state index contributed by atoms with van der Waals surface area (Å²) >= 11 is 0. The molecule has 0 bridgehead atoms. The van der Waals surface area contributed by atoms with Gasteiger partial charge in [0.1, 0.15) is 0 Å². The monoisotopic (exact) mass is 500 g/mol. The topological polar surface area (TPSA) is 110 Å². The quantitative estimate of drug-likeness (QED) is 0.643. The molecule has 1 atom stereocenters. The third kappa shape index (κ3) is 4.75. The van der Waals surface area contributed by atoms with Crippen LogP contribution in [0.3, 0.4) is 0 Å². The van der Waals surface area contributed by atoms with E-state index in [4.69, 9.17) is 4.74 Å². The molecule has 194 valence electrons. The van der Waals surface area contributed by atoms with E-state index < -0.39 is 17.6 Å². The molecule has 0 aromatic carbocycles. The lowest BCUT2D eigenvalue weighted by atomic mass is 9.83. The highest BCUT2D eigenvalue weighted by atomic mass is 19.1. The fourth-order valence-corrected chi connectivity index (χ4v) is 5.93. The molecule has 5 rings (SSSR count). The van der Waals surface area contributed by atoms with Gasteiger partial charge in [-0.2, -0.15) is 5.10 Å². The van der Waals surface area contributed by atoms with E-state index in [-0.39, 0.29) is 18.4 Å². The number of imide groups is 1. The number of methoxy groups -OCH3 is 1. The van der Waals surface area contributed by atoms with E-state index in [1.165, 1.54) is 13.2 Å². The summed E-state index contributed by atoms with van der Waals surface area (Å²) in [5.74, 6) is -0.184. The number of pyridine rings is 1. The van der Waals surface area contributed by atoms with Gasteiger partial charge in [0, 0.05) is 45.0 Å². The van der Waals surface area contributed by atoms with Crippen molar-refractivity contribution in [2.75, 3.05) is 38.2 Å². The highest BCUT2D eigenvalue weighted by molar-refractivity contribution is 6.02. The van der Waals surface area contributed by atoms with Crippen molar-refractivity contribution in [3.8, 4) is 0 Å². The molecule has 3 fully saturated rings. The molecule has 3 amide bonds. The second-order valence-corrected chi connectivity index (χ2v) is 10.2. The molecule has 3 aliphatic heterocycles. The van der Waals surface area contributed by atoms with Crippen LogP contribution in [0.1, 0.15) is 56.6 Å². The van der Waals surface area contributed by atoms with Crippen molar-refractivity contribution < 1.29 is 23.5 Å². The number of fused-ring (bicyclic) bond motifs is 1. The zero-order chi connectivity index (χ0) is 25.4. The Hall–Kier alpha value is -3.24. The molecular formula is C25H33FN6O4. The first-order valence-corrected chi connectivity index (χ1v) is 12.8. The molecule has 5 heterocycles. The van der Waals surface area contributed by atoms with Crippen molar-refractivity contribution >= 4 is 34.8 Å². The fourth-order valence-electron chi connectivity index (χ4n) is 5.93. The van der Waals surface area contributed by atoms with Crippen molar-refractivity contribution in [2.24, 2.45) is 18.9 Å². The minimum atomic E-state index is -0.589. The van der Waals surface area contributed by atoms with Crippen LogP contribution in [0.25, 0.3) is 11.0 Å². The summed E-state index contributed by atoms with van der Waals surface area (Å²) in [6, 6.07) is 1.44. The molecule has 2 aromatic heterocycles. The van der Waals surface area contributed by atoms with Gasteiger partial charge in [-0.1, -0.05) is 0 Å². The Morgan fingerprint density at radius 2 is 1.78 bits per heavy atom. The van der Waals surface area contributed by atoms with Crippen LogP contribution in [-0.2, 0) is 21.4 Å². The molecule has 3 aliphatic rings. The number of hydrogen-bond acceptors (Lipinski definition) is 7. The van der Waals surface area contributed by atoms with Gasteiger partial charge in [-0.3, -0.25) is 19.6 Å². The number of carbonyl (C=O) groups is 3. The molecular weight excluding hydrogens is 467 g/mol. The Kier molecular flexibility index (Phi) is 6.81. The highest BCUT2D eigenvalue weighted by Crippen LogP contribution is 2.35. The van der Waals surface area contributed by atoms with Crippen molar-refractivity contribution in [3.05, 3.63) is 17.6 Å². The number of hydrogen-bond donors (Lipinski definition) is 1. The first-order chi connectivity index (χ1) is 17.3. The third-order valence-electron chi connectivity index (χ3n) is 7.97. The minimum absolute atomic E-state index is 0.238. The Bertz CT molecular complexity index is 1170. The van der Waals surface area contributed by atoms with E-state index in [9.17, 15) is 14.4 Å². The molecule has 1 unspecified atom stereocenters. The molecule has 0 saturated carbocycles. The van der Waals surface area contributed by atoms with Gasteiger partial charge in [-0.15, -0.1) is 0 Å². The summed E-state index contributed by atoms with van der Waals surface area (Å²) < 4.78 is 21.7. The number of nitrogens with zero attached hydrogens (tertiary/aromatic N) is 5. The normalized spacial score (nSPS) is 22.2. The molecule has 0 aliphatic carbocycles. The number of piperidine rings is 3. The number of nitrogens with one attached hydrogen (secondary N) is 1. The maximum Gasteiger partial charge on any atom is 0.409 e. The number of anilines is 1. The Labute approximate surface area is 209 Å². The predicted octanol–water partition coefficient (Wildman–Crippen LogP) is 2.71. The van der Waals surface area contributed by atoms with E-state index >= 15 is 4.39 Å². The second kappa shape index (κ2) is 10.0. The van der Waals surface area contributed by atoms with E-state index in [0.717, 1.165) is 58.3 Å². The molecule has 0 radical (unpaired) electrons. The first-order valence-electron chi connectivity index (χ1n) is 12.8. The summed E-state index contributed by atoms with van der Waals surface area (Å²) in [5.41, 5.74) is 0.998. The zero-order valence-electron chi connectivity index (χ0n) is 20.8. The summed E-state index contributed by atoms with van der Waals surface area (Å²) in [6.07, 6.45) is 5.43. The summed E-state index contributed by atoms with van der Waals surface area (Å²) in [5, 5.41) is 7.34. The molecule has 1 N–H and O–H groups in total. The zero-order valence-corrected chi connectivity index (χ0v) is 20.8. The van der Waals surface area contributed by atoms with E-state index in [1.54, 1.807) is 16.6 Å². The lowest BCUT2D eigenvalue weighted by Crippen LogP contribution is -2.40. The van der Waals surface area contributed by atoms with Crippen molar-refractivity contribution in [3.63, 3.8) is 0 Å². The summed E-state index contributed by atoms with van der Waals surface area (Å²) in [6.45, 7) is 2.96. The predicted molar refractivity (Wildman–Crippen MR) is 130 cm³/mol. The number of ether oxygens (including phenoxy) is 1. The largest absolute Gasteiger partial charge is 0.453 e. The standard InChI is InChI=1S/C25H33FN6O4/c1-30-22-18(21(29-30)17-3-4-20(33)27-24(17)34)14-19(26)23(28-22)31-9-5-15(6-10-31)13-16-7-11-32(12-8-16)25(35)36-2/h14-17H,3-13H2,1-2H3,(H,27,33,34). The van der Waals surface area contributed by atoms with Gasteiger partial charge in [0.05, 0.1) is 18.7 Å². The van der Waals surface area contributed by atoms with E-state index in [2.05, 4.69) is 15.4 Å². The fraction of sp³-hybridized carbons (Fsp3) is 0.640. The summed E-state index contributed by atoms with van der Waals surface area (Å²) in [7, 11) is 3.16. The van der Waals surface area contributed by atoms with Gasteiger partial charge in [0.15, 0.2) is 17.3 Å². The van der Waals surface area contributed by atoms with Crippen LogP contribution in [0, 0.1) is 17.7 Å². The molecule has 10 nitrogen and oxygen atoms in total. The SMILES string of the molecule is COC(=O)N1CCC(CC2CCN(c3nc4c(cc3F)c(C3CCC(=O)NC3=O)nn4C)CC2)CC1. The van der Waals surface area contributed by atoms with Gasteiger partial charge in [0.25, 0.3) is 0 Å². The smallest absolute Gasteiger partial charge is 0.409 e. The van der Waals surface area contributed by atoms with E-state index in [0.29, 0.717) is 40.8 Å². The number of halogens is 1. The number of carbonyl (C=O) groups excluding carboxylic acids is 3. The minimum Gasteiger partial charge on any atom is -0.453 e. The van der Waals surface area contributed by atoms with Gasteiger partial charge in [0.2, 0.25) is 11.8 Å². The van der Waals surface area contributed by atoms with Crippen LogP contribution in [0.15, 0.2) is 6.07 Å². The highest BCUT2D eigenvalue weighted by Gasteiger charge is 2.33. The van der Waals surface area contributed by atoms with Crippen LogP contribution in [0.5, 0.6) is 0 Å². The summed E-state index contributed by atoms with van der Waals surface area (Å²) in [4.78, 5) is 44.0. The van der Waals surface area contributed by atoms with Crippen molar-refractivity contribution in [2.45, 2.75) is 50.9 Å². The maximum absolute atomic E-state index is 15.3. The number of aromatic nitrogens is 3. The van der Waals surface area contributed by atoms with Crippen LogP contribution < -0.4 is 10.2 Å². The molecule has 11 heteroatoms. The van der Waals surface area contributed by atoms with Gasteiger partial charge >= 0.3 is 6.09 Å². The second-order valence-electron chi connectivity index (χ2n) is 10.2. The Balaban J connectivity index is 1.23. The molecule has 36 heavy (non-hydrogen) atoms. The van der Waals surface area contributed by atoms with Gasteiger partial charge in [-0.25, -0.2) is 14.2 Å². The van der Waals surface area contributed by atoms with Crippen LogP contribution in [-0.4, -0.2) is 70.9 Å². The number of rotatable bonds is 4. The average Bonchev–Trinajstić information content (AvgIpc) is 3.19. The Morgan fingerprint density at radius 3 is 2.42 bits per heavy atom. The lowest BCUT2D eigenvalue weighted by Gasteiger charge is -2.36. The maximum atomic E-state index is 15.3. The van der Waals surface area contributed by atoms with Crippen LogP contribution in [0.4, 0.5) is 15.0 Å². The van der Waals surface area contributed by atoms with Gasteiger partial charge < -0.3 is 14.5 Å². The number of likely N-dealkylation sites (tertiary alicyclic amines) is 1. The number of amides is 3. The molecule has 3 saturated heterocycles. The van der Waals surface area contributed by atoms with E-state index in [1.807, 2.05) is 4.90 Å². The first kappa shape index (κ1) is 24.5. The molecule has 0 spiro atoms. The Morgan fingerprint density at radius 1 is 1.11 bits per heavy atom.